The van der Waals surface area contributed by atoms with E-state index in [0.717, 1.165) is 18.9 Å². The third-order valence-electron chi connectivity index (χ3n) is 1.83. The first-order valence-electron chi connectivity index (χ1n) is 3.62. The summed E-state index contributed by atoms with van der Waals surface area (Å²) in [6, 6.07) is 2.01. The summed E-state index contributed by atoms with van der Waals surface area (Å²) in [7, 11) is 0. The summed E-state index contributed by atoms with van der Waals surface area (Å²) in [6.45, 7) is 4.35. The van der Waals surface area contributed by atoms with E-state index in [4.69, 9.17) is 0 Å². The van der Waals surface area contributed by atoms with Gasteiger partial charge in [-0.05, 0) is 5.92 Å². The summed E-state index contributed by atoms with van der Waals surface area (Å²) in [4.78, 5) is 0. The van der Waals surface area contributed by atoms with E-state index >= 15 is 0 Å². The summed E-state index contributed by atoms with van der Waals surface area (Å²) in [5.41, 5.74) is 0. The second-order valence-electron chi connectivity index (χ2n) is 2.88. The molecule has 2 heterocycles. The van der Waals surface area contributed by atoms with Crippen molar-refractivity contribution < 1.29 is 0 Å². The first-order valence-corrected chi connectivity index (χ1v) is 3.62. The molecule has 2 rings (SSSR count). The molecule has 1 aromatic heterocycles. The van der Waals surface area contributed by atoms with Crippen molar-refractivity contribution in [3.05, 3.63) is 12.3 Å². The standard InChI is InChI=1S/C7H11N3/c1-6-4-8-7-2-3-9-10(7)5-6/h2-3,6,8H,4-5H2,1H3/t6-/m0/s1. The lowest BCUT2D eigenvalue weighted by Crippen LogP contribution is -2.25. The summed E-state index contributed by atoms with van der Waals surface area (Å²) >= 11 is 0. The number of anilines is 1. The van der Waals surface area contributed by atoms with Crippen molar-refractivity contribution in [3.8, 4) is 0 Å². The van der Waals surface area contributed by atoms with E-state index in [1.54, 1.807) is 0 Å². The van der Waals surface area contributed by atoms with Crippen LogP contribution in [0.2, 0.25) is 0 Å². The van der Waals surface area contributed by atoms with Crippen LogP contribution in [-0.4, -0.2) is 16.3 Å². The molecule has 0 aliphatic carbocycles. The van der Waals surface area contributed by atoms with E-state index in [9.17, 15) is 0 Å². The van der Waals surface area contributed by atoms with Crippen LogP contribution in [0.15, 0.2) is 12.3 Å². The number of rotatable bonds is 0. The first kappa shape index (κ1) is 5.77. The molecule has 54 valence electrons. The smallest absolute Gasteiger partial charge is 0.124 e. The molecule has 0 saturated heterocycles. The molecule has 3 nitrogen and oxygen atoms in total. The van der Waals surface area contributed by atoms with Crippen molar-refractivity contribution in [2.45, 2.75) is 13.5 Å². The number of aromatic nitrogens is 2. The van der Waals surface area contributed by atoms with Crippen molar-refractivity contribution in [1.29, 1.82) is 0 Å². The number of hydrogen-bond acceptors (Lipinski definition) is 2. The zero-order valence-electron chi connectivity index (χ0n) is 6.04. The van der Waals surface area contributed by atoms with Crippen molar-refractivity contribution in [3.63, 3.8) is 0 Å². The monoisotopic (exact) mass is 137 g/mol. The van der Waals surface area contributed by atoms with Gasteiger partial charge in [0.1, 0.15) is 5.82 Å². The van der Waals surface area contributed by atoms with E-state index in [1.165, 1.54) is 0 Å². The van der Waals surface area contributed by atoms with E-state index < -0.39 is 0 Å². The van der Waals surface area contributed by atoms with E-state index in [-0.39, 0.29) is 0 Å². The Morgan fingerprint density at radius 3 is 3.60 bits per heavy atom. The van der Waals surface area contributed by atoms with E-state index in [1.807, 2.05) is 16.9 Å². The molecule has 0 unspecified atom stereocenters. The van der Waals surface area contributed by atoms with Crippen LogP contribution in [-0.2, 0) is 6.54 Å². The predicted molar refractivity (Wildman–Crippen MR) is 39.9 cm³/mol. The fourth-order valence-corrected chi connectivity index (χ4v) is 1.27. The Bertz CT molecular complexity index is 229. The molecular weight excluding hydrogens is 126 g/mol. The lowest BCUT2D eigenvalue weighted by Gasteiger charge is -2.21. The Morgan fingerprint density at radius 1 is 1.80 bits per heavy atom. The molecular formula is C7H11N3. The normalized spacial score (nSPS) is 23.5. The van der Waals surface area contributed by atoms with Gasteiger partial charge >= 0.3 is 0 Å². The second kappa shape index (κ2) is 2.01. The van der Waals surface area contributed by atoms with Crippen LogP contribution in [0.3, 0.4) is 0 Å². The Morgan fingerprint density at radius 2 is 2.70 bits per heavy atom. The van der Waals surface area contributed by atoms with E-state index in [0.29, 0.717) is 5.92 Å². The minimum atomic E-state index is 0.701. The number of hydrogen-bond donors (Lipinski definition) is 1. The highest BCUT2D eigenvalue weighted by atomic mass is 15.3. The average molecular weight is 137 g/mol. The van der Waals surface area contributed by atoms with Crippen molar-refractivity contribution in [2.24, 2.45) is 5.92 Å². The third-order valence-corrected chi connectivity index (χ3v) is 1.83. The minimum absolute atomic E-state index is 0.701. The molecule has 1 atom stereocenters. The molecule has 1 aliphatic heterocycles. The molecule has 1 aliphatic rings. The SMILES string of the molecule is C[C@H]1CNc2ccnn2C1. The van der Waals surface area contributed by atoms with Gasteiger partial charge in [0.25, 0.3) is 0 Å². The lowest BCUT2D eigenvalue weighted by atomic mass is 10.1. The maximum atomic E-state index is 4.16. The van der Waals surface area contributed by atoms with Crippen molar-refractivity contribution in [2.75, 3.05) is 11.9 Å². The average Bonchev–Trinajstić information content (AvgIpc) is 2.33. The van der Waals surface area contributed by atoms with Gasteiger partial charge in [0.2, 0.25) is 0 Å². The van der Waals surface area contributed by atoms with Gasteiger partial charge in [0.15, 0.2) is 0 Å². The molecule has 10 heavy (non-hydrogen) atoms. The summed E-state index contributed by atoms with van der Waals surface area (Å²) in [5, 5.41) is 7.45. The highest BCUT2D eigenvalue weighted by Crippen LogP contribution is 2.14. The van der Waals surface area contributed by atoms with E-state index in [2.05, 4.69) is 17.3 Å². The van der Waals surface area contributed by atoms with Crippen LogP contribution in [0.1, 0.15) is 6.92 Å². The Kier molecular flexibility index (Phi) is 1.16. The molecule has 0 amide bonds. The Labute approximate surface area is 60.0 Å². The number of fused-ring (bicyclic) bond motifs is 1. The molecule has 0 spiro atoms. The van der Waals surface area contributed by atoms with Crippen LogP contribution in [0.5, 0.6) is 0 Å². The summed E-state index contributed by atoms with van der Waals surface area (Å²) < 4.78 is 2.01. The fourth-order valence-electron chi connectivity index (χ4n) is 1.27. The highest BCUT2D eigenvalue weighted by molar-refractivity contribution is 5.35. The molecule has 0 aromatic carbocycles. The first-order chi connectivity index (χ1) is 4.86. The minimum Gasteiger partial charge on any atom is -0.370 e. The number of nitrogens with zero attached hydrogens (tertiary/aromatic N) is 2. The van der Waals surface area contributed by atoms with Gasteiger partial charge in [-0.1, -0.05) is 6.92 Å². The van der Waals surface area contributed by atoms with Crippen LogP contribution in [0.4, 0.5) is 5.82 Å². The zero-order chi connectivity index (χ0) is 6.97. The zero-order valence-corrected chi connectivity index (χ0v) is 6.04. The van der Waals surface area contributed by atoms with Gasteiger partial charge in [-0.2, -0.15) is 5.10 Å². The molecule has 3 heteroatoms. The number of nitrogens with one attached hydrogen (secondary N) is 1. The van der Waals surface area contributed by atoms with Crippen molar-refractivity contribution >= 4 is 5.82 Å². The lowest BCUT2D eigenvalue weighted by molar-refractivity contribution is 0.445. The summed E-state index contributed by atoms with van der Waals surface area (Å²) in [5.74, 6) is 1.85. The molecule has 1 N–H and O–H groups in total. The van der Waals surface area contributed by atoms with Gasteiger partial charge in [-0.25, -0.2) is 4.68 Å². The summed E-state index contributed by atoms with van der Waals surface area (Å²) in [6.07, 6.45) is 1.83. The topological polar surface area (TPSA) is 29.9 Å². The third kappa shape index (κ3) is 0.781. The van der Waals surface area contributed by atoms with Gasteiger partial charge in [0.05, 0.1) is 6.20 Å². The second-order valence-corrected chi connectivity index (χ2v) is 2.88. The molecule has 0 radical (unpaired) electrons. The van der Waals surface area contributed by atoms with Gasteiger partial charge in [-0.3, -0.25) is 0 Å². The van der Waals surface area contributed by atoms with Gasteiger partial charge in [-0.15, -0.1) is 0 Å². The molecule has 1 aromatic rings. The van der Waals surface area contributed by atoms with Crippen molar-refractivity contribution in [1.82, 2.24) is 9.78 Å². The fraction of sp³-hybridized carbons (Fsp3) is 0.571. The quantitative estimate of drug-likeness (QED) is 0.577. The molecule has 0 bridgehead atoms. The van der Waals surface area contributed by atoms with Crippen LogP contribution < -0.4 is 5.32 Å². The van der Waals surface area contributed by atoms with Crippen LogP contribution in [0, 0.1) is 5.92 Å². The largest absolute Gasteiger partial charge is 0.370 e. The Hall–Kier alpha value is -0.990. The van der Waals surface area contributed by atoms with Crippen LogP contribution >= 0.6 is 0 Å². The van der Waals surface area contributed by atoms with Crippen LogP contribution in [0.25, 0.3) is 0 Å². The predicted octanol–water partition coefficient (Wildman–Crippen LogP) is 0.945. The molecule has 0 fully saturated rings. The van der Waals surface area contributed by atoms with Gasteiger partial charge < -0.3 is 5.32 Å². The van der Waals surface area contributed by atoms with Gasteiger partial charge in [0, 0.05) is 19.2 Å². The maximum Gasteiger partial charge on any atom is 0.124 e. The highest BCUT2D eigenvalue weighted by Gasteiger charge is 2.12. The molecule has 0 saturated carbocycles. The Balaban J connectivity index is 2.30. The maximum absolute atomic E-state index is 4.16.